The summed E-state index contributed by atoms with van der Waals surface area (Å²) in [6, 6.07) is 9.69. The van der Waals surface area contributed by atoms with Crippen molar-refractivity contribution < 1.29 is 4.79 Å². The molecular formula is C16H21N3O. The van der Waals surface area contributed by atoms with Crippen molar-refractivity contribution in [1.82, 2.24) is 9.78 Å². The number of carbonyl (C=O) groups is 1. The summed E-state index contributed by atoms with van der Waals surface area (Å²) >= 11 is 0. The van der Waals surface area contributed by atoms with Gasteiger partial charge in [0.1, 0.15) is 5.69 Å². The first-order valence-corrected chi connectivity index (χ1v) is 6.70. The van der Waals surface area contributed by atoms with Crippen LogP contribution < -0.4 is 5.32 Å². The Balaban J connectivity index is 2.31. The zero-order chi connectivity index (χ0) is 14.9. The van der Waals surface area contributed by atoms with Gasteiger partial charge in [0, 0.05) is 12.7 Å². The lowest BCUT2D eigenvalue weighted by Crippen LogP contribution is -2.20. The van der Waals surface area contributed by atoms with Crippen molar-refractivity contribution in [1.29, 1.82) is 0 Å². The highest BCUT2D eigenvalue weighted by Gasteiger charge is 2.20. The van der Waals surface area contributed by atoms with E-state index in [4.69, 9.17) is 0 Å². The number of para-hydroxylation sites is 1. The zero-order valence-electron chi connectivity index (χ0n) is 12.7. The number of anilines is 1. The molecule has 2 aromatic rings. The third kappa shape index (κ3) is 2.90. The van der Waals surface area contributed by atoms with Gasteiger partial charge in [-0.2, -0.15) is 5.10 Å². The number of nitrogens with one attached hydrogen (secondary N) is 1. The molecule has 2 rings (SSSR count). The highest BCUT2D eigenvalue weighted by Crippen LogP contribution is 2.29. The van der Waals surface area contributed by atoms with E-state index in [1.165, 1.54) is 0 Å². The Morgan fingerprint density at radius 3 is 2.45 bits per heavy atom. The van der Waals surface area contributed by atoms with Gasteiger partial charge < -0.3 is 5.32 Å². The summed E-state index contributed by atoms with van der Waals surface area (Å²) in [6.45, 7) is 8.27. The largest absolute Gasteiger partial charge is 0.320 e. The summed E-state index contributed by atoms with van der Waals surface area (Å²) in [5, 5.41) is 7.19. The van der Waals surface area contributed by atoms with Crippen LogP contribution in [0.15, 0.2) is 30.3 Å². The van der Waals surface area contributed by atoms with Gasteiger partial charge in [-0.1, -0.05) is 39.0 Å². The third-order valence-corrected chi connectivity index (χ3v) is 3.22. The lowest BCUT2D eigenvalue weighted by atomic mass is 9.86. The number of aromatic nitrogens is 2. The molecule has 0 aliphatic rings. The molecule has 1 N–H and O–H groups in total. The number of rotatable bonds is 2. The quantitative estimate of drug-likeness (QED) is 0.911. The Morgan fingerprint density at radius 2 is 1.90 bits per heavy atom. The first-order valence-electron chi connectivity index (χ1n) is 6.70. The van der Waals surface area contributed by atoms with Crippen molar-refractivity contribution in [3.63, 3.8) is 0 Å². The van der Waals surface area contributed by atoms with Crippen LogP contribution in [-0.4, -0.2) is 15.7 Å². The fourth-order valence-corrected chi connectivity index (χ4v) is 2.26. The second-order valence-corrected chi connectivity index (χ2v) is 6.04. The van der Waals surface area contributed by atoms with E-state index in [1.54, 1.807) is 17.8 Å². The Morgan fingerprint density at radius 1 is 1.25 bits per heavy atom. The van der Waals surface area contributed by atoms with Gasteiger partial charge in [-0.15, -0.1) is 0 Å². The summed E-state index contributed by atoms with van der Waals surface area (Å²) < 4.78 is 1.60. The van der Waals surface area contributed by atoms with E-state index in [9.17, 15) is 4.79 Å². The average Bonchev–Trinajstić information content (AvgIpc) is 2.68. The minimum Gasteiger partial charge on any atom is -0.320 e. The van der Waals surface area contributed by atoms with Crippen LogP contribution in [-0.2, 0) is 12.5 Å². The van der Waals surface area contributed by atoms with Crippen molar-refractivity contribution >= 4 is 11.6 Å². The van der Waals surface area contributed by atoms with Gasteiger partial charge in [0.2, 0.25) is 0 Å². The monoisotopic (exact) mass is 271 g/mol. The second kappa shape index (κ2) is 5.12. The number of hydrogen-bond acceptors (Lipinski definition) is 2. The van der Waals surface area contributed by atoms with Crippen LogP contribution in [0.3, 0.4) is 0 Å². The van der Waals surface area contributed by atoms with E-state index >= 15 is 0 Å². The lowest BCUT2D eigenvalue weighted by molar-refractivity contribution is 0.101. The molecule has 1 aromatic carbocycles. The molecule has 0 bridgehead atoms. The summed E-state index contributed by atoms with van der Waals surface area (Å²) in [5.41, 5.74) is 3.34. The number of benzene rings is 1. The zero-order valence-corrected chi connectivity index (χ0v) is 12.7. The normalized spacial score (nSPS) is 11.4. The molecule has 0 radical (unpaired) electrons. The van der Waals surface area contributed by atoms with Gasteiger partial charge in [0.05, 0.1) is 5.69 Å². The second-order valence-electron chi connectivity index (χ2n) is 6.04. The standard InChI is InChI=1S/C16H21N3O/c1-11-10-14(19(5)18-11)15(20)17-13-9-7-6-8-12(13)16(2,3)4/h6-10H,1-5H3,(H,17,20). The summed E-state index contributed by atoms with van der Waals surface area (Å²) in [5.74, 6) is -0.134. The molecule has 4 heteroatoms. The molecule has 1 amide bonds. The maximum atomic E-state index is 12.4. The van der Waals surface area contributed by atoms with Crippen LogP contribution in [0.5, 0.6) is 0 Å². The van der Waals surface area contributed by atoms with Crippen LogP contribution in [0.2, 0.25) is 0 Å². The van der Waals surface area contributed by atoms with Gasteiger partial charge in [-0.3, -0.25) is 9.48 Å². The molecule has 0 aliphatic carbocycles. The summed E-state index contributed by atoms with van der Waals surface area (Å²) in [4.78, 5) is 12.4. The van der Waals surface area contributed by atoms with E-state index in [2.05, 4.69) is 31.2 Å². The smallest absolute Gasteiger partial charge is 0.273 e. The molecule has 0 atom stereocenters. The maximum absolute atomic E-state index is 12.4. The van der Waals surface area contributed by atoms with Gasteiger partial charge in [-0.25, -0.2) is 0 Å². The minimum atomic E-state index is -0.134. The molecule has 1 heterocycles. The Hall–Kier alpha value is -2.10. The summed E-state index contributed by atoms with van der Waals surface area (Å²) in [6.07, 6.45) is 0. The highest BCUT2D eigenvalue weighted by molar-refractivity contribution is 6.03. The third-order valence-electron chi connectivity index (χ3n) is 3.22. The van der Waals surface area contributed by atoms with Gasteiger partial charge in [0.15, 0.2) is 0 Å². The Labute approximate surface area is 119 Å². The molecular weight excluding hydrogens is 250 g/mol. The van der Waals surface area contributed by atoms with Crippen molar-refractivity contribution in [2.45, 2.75) is 33.1 Å². The van der Waals surface area contributed by atoms with E-state index in [0.29, 0.717) is 5.69 Å². The number of nitrogens with zero attached hydrogens (tertiary/aromatic N) is 2. The predicted molar refractivity (Wildman–Crippen MR) is 81.0 cm³/mol. The molecule has 0 spiro atoms. The molecule has 4 nitrogen and oxygen atoms in total. The van der Waals surface area contributed by atoms with E-state index < -0.39 is 0 Å². The van der Waals surface area contributed by atoms with Crippen molar-refractivity contribution in [3.8, 4) is 0 Å². The lowest BCUT2D eigenvalue weighted by Gasteiger charge is -2.22. The minimum absolute atomic E-state index is 0.0216. The van der Waals surface area contributed by atoms with E-state index in [1.807, 2.05) is 31.2 Å². The highest BCUT2D eigenvalue weighted by atomic mass is 16.2. The van der Waals surface area contributed by atoms with Crippen molar-refractivity contribution in [2.24, 2.45) is 7.05 Å². The van der Waals surface area contributed by atoms with Gasteiger partial charge in [-0.05, 0) is 30.0 Å². The van der Waals surface area contributed by atoms with Crippen LogP contribution in [0.4, 0.5) is 5.69 Å². The fourth-order valence-electron chi connectivity index (χ4n) is 2.26. The number of aryl methyl sites for hydroxylation is 2. The average molecular weight is 271 g/mol. The summed E-state index contributed by atoms with van der Waals surface area (Å²) in [7, 11) is 1.78. The topological polar surface area (TPSA) is 46.9 Å². The van der Waals surface area contributed by atoms with Gasteiger partial charge in [0.25, 0.3) is 5.91 Å². The molecule has 0 aliphatic heterocycles. The molecule has 20 heavy (non-hydrogen) atoms. The molecule has 0 fully saturated rings. The molecule has 1 aromatic heterocycles. The SMILES string of the molecule is Cc1cc(C(=O)Nc2ccccc2C(C)(C)C)n(C)n1. The molecule has 0 saturated carbocycles. The number of amides is 1. The first-order chi connectivity index (χ1) is 9.29. The fraction of sp³-hybridized carbons (Fsp3) is 0.375. The van der Waals surface area contributed by atoms with Crippen molar-refractivity contribution in [2.75, 3.05) is 5.32 Å². The van der Waals surface area contributed by atoms with Gasteiger partial charge >= 0.3 is 0 Å². The predicted octanol–water partition coefficient (Wildman–Crippen LogP) is 3.28. The maximum Gasteiger partial charge on any atom is 0.273 e. The van der Waals surface area contributed by atoms with Crippen LogP contribution in [0.1, 0.15) is 42.5 Å². The molecule has 0 unspecified atom stereocenters. The number of hydrogen-bond donors (Lipinski definition) is 1. The van der Waals surface area contributed by atoms with Crippen LogP contribution in [0, 0.1) is 6.92 Å². The Kier molecular flexibility index (Phi) is 3.66. The van der Waals surface area contributed by atoms with E-state index in [0.717, 1.165) is 16.9 Å². The first kappa shape index (κ1) is 14.3. The van der Waals surface area contributed by atoms with Crippen LogP contribution >= 0.6 is 0 Å². The van der Waals surface area contributed by atoms with E-state index in [-0.39, 0.29) is 11.3 Å². The number of carbonyl (C=O) groups excluding carboxylic acids is 1. The molecule has 0 saturated heterocycles. The van der Waals surface area contributed by atoms with Crippen molar-refractivity contribution in [3.05, 3.63) is 47.3 Å². The Bertz CT molecular complexity index is 635. The molecule has 106 valence electrons. The van der Waals surface area contributed by atoms with Crippen LogP contribution in [0.25, 0.3) is 0 Å².